The second-order valence-corrected chi connectivity index (χ2v) is 7.94. The quantitative estimate of drug-likeness (QED) is 0.577. The van der Waals surface area contributed by atoms with Crippen molar-refractivity contribution < 1.29 is 23.1 Å². The Balaban J connectivity index is 1.70. The Kier molecular flexibility index (Phi) is 7.34. The molecule has 1 aliphatic rings. The van der Waals surface area contributed by atoms with Crippen LogP contribution in [0.15, 0.2) is 45.4 Å². The van der Waals surface area contributed by atoms with Crippen molar-refractivity contribution in [3.8, 4) is 11.8 Å². The molecular formula is C22H19Cl2F2N3O3. The van der Waals surface area contributed by atoms with Gasteiger partial charge in [-0.1, -0.05) is 55.1 Å². The first-order valence-corrected chi connectivity index (χ1v) is 10.4. The highest BCUT2D eigenvalue weighted by Gasteiger charge is 2.31. The second-order valence-electron chi connectivity index (χ2n) is 7.13. The van der Waals surface area contributed by atoms with Crippen LogP contribution in [0, 0.1) is 17.8 Å². The maximum Gasteiger partial charge on any atom is 0.300 e. The molecule has 10 heteroatoms. The van der Waals surface area contributed by atoms with Crippen LogP contribution < -0.4 is 5.32 Å². The van der Waals surface area contributed by atoms with Gasteiger partial charge < -0.3 is 14.8 Å². The molecular weight excluding hydrogens is 463 g/mol. The monoisotopic (exact) mass is 481 g/mol. The van der Waals surface area contributed by atoms with E-state index in [4.69, 9.17) is 32.7 Å². The van der Waals surface area contributed by atoms with E-state index in [1.165, 1.54) is 25.1 Å². The van der Waals surface area contributed by atoms with Gasteiger partial charge in [-0.3, -0.25) is 4.79 Å². The van der Waals surface area contributed by atoms with E-state index in [-0.39, 0.29) is 47.0 Å². The number of aliphatic hydroxyl groups is 1. The summed E-state index contributed by atoms with van der Waals surface area (Å²) in [4.78, 5) is 12.2. The first-order chi connectivity index (χ1) is 15.1. The number of allylic oxidation sites excluding steroid dienone is 4. The number of anilines is 1. The third kappa shape index (κ3) is 5.36. The van der Waals surface area contributed by atoms with Crippen LogP contribution in [0.3, 0.4) is 0 Å². The summed E-state index contributed by atoms with van der Waals surface area (Å²) >= 11 is 12.3. The Bertz CT molecular complexity index is 1150. The summed E-state index contributed by atoms with van der Waals surface area (Å²) in [6, 6.07) is 3.78. The number of nitrogens with zero attached hydrogens (tertiary/aromatic N) is 2. The number of nitrogens with one attached hydrogen (secondary N) is 1. The third-order valence-corrected chi connectivity index (χ3v) is 5.50. The molecule has 2 aromatic rings. The van der Waals surface area contributed by atoms with Crippen LogP contribution in [-0.2, 0) is 17.3 Å². The van der Waals surface area contributed by atoms with Gasteiger partial charge in [0.25, 0.3) is 5.92 Å². The molecule has 32 heavy (non-hydrogen) atoms. The fourth-order valence-corrected chi connectivity index (χ4v) is 3.64. The standard InChI is InChI=1S/C22H19Cl2F2N3O3/c1-3-22(25,26)16-6-5-14(9-18(16)24)27-19(31)7-4-13-8-12(2)15(10-17(13)23)21-29-28-20(11-30)32-21/h5-6,8-10,12,15,30H,3,11H2,1-2H3,(H,27,31). The summed E-state index contributed by atoms with van der Waals surface area (Å²) in [6.07, 6.45) is 3.07. The summed E-state index contributed by atoms with van der Waals surface area (Å²) in [5.74, 6) is 1.45. The number of halogens is 4. The number of hydrogen-bond acceptors (Lipinski definition) is 5. The van der Waals surface area contributed by atoms with Gasteiger partial charge in [-0.25, -0.2) is 8.78 Å². The first kappa shape index (κ1) is 23.9. The van der Waals surface area contributed by atoms with Gasteiger partial charge in [-0.15, -0.1) is 10.2 Å². The predicted molar refractivity (Wildman–Crippen MR) is 116 cm³/mol. The highest BCUT2D eigenvalue weighted by molar-refractivity contribution is 6.33. The van der Waals surface area contributed by atoms with Crippen molar-refractivity contribution in [3.05, 3.63) is 63.3 Å². The van der Waals surface area contributed by atoms with E-state index in [9.17, 15) is 13.6 Å². The van der Waals surface area contributed by atoms with Crippen molar-refractivity contribution in [2.24, 2.45) is 5.92 Å². The van der Waals surface area contributed by atoms with Gasteiger partial charge in [0.05, 0.1) is 16.0 Å². The number of benzene rings is 1. The molecule has 2 unspecified atom stereocenters. The summed E-state index contributed by atoms with van der Waals surface area (Å²) in [5, 5.41) is 19.4. The molecule has 1 heterocycles. The zero-order valence-electron chi connectivity index (χ0n) is 17.1. The van der Waals surface area contributed by atoms with Crippen LogP contribution in [0.25, 0.3) is 0 Å². The normalized spacial score (nSPS) is 18.3. The van der Waals surface area contributed by atoms with Crippen LogP contribution in [0.4, 0.5) is 14.5 Å². The van der Waals surface area contributed by atoms with E-state index >= 15 is 0 Å². The Hall–Kier alpha value is -2.73. The third-order valence-electron chi connectivity index (χ3n) is 4.86. The molecule has 2 atom stereocenters. The zero-order chi connectivity index (χ0) is 23.5. The number of aliphatic hydroxyl groups excluding tert-OH is 1. The molecule has 0 bridgehead atoms. The van der Waals surface area contributed by atoms with Crippen molar-refractivity contribution in [1.29, 1.82) is 0 Å². The lowest BCUT2D eigenvalue weighted by atomic mass is 9.87. The van der Waals surface area contributed by atoms with Crippen LogP contribution >= 0.6 is 23.2 Å². The lowest BCUT2D eigenvalue weighted by molar-refractivity contribution is -0.111. The van der Waals surface area contributed by atoms with Gasteiger partial charge in [-0.05, 0) is 24.1 Å². The van der Waals surface area contributed by atoms with Crippen LogP contribution in [0.1, 0.15) is 43.5 Å². The van der Waals surface area contributed by atoms with Crippen LogP contribution in [0.5, 0.6) is 0 Å². The van der Waals surface area contributed by atoms with Crippen molar-refractivity contribution in [2.45, 2.75) is 38.7 Å². The number of rotatable bonds is 5. The molecule has 1 aromatic carbocycles. The Labute approximate surface area is 193 Å². The molecule has 1 amide bonds. The predicted octanol–water partition coefficient (Wildman–Crippen LogP) is 5.14. The van der Waals surface area contributed by atoms with Crippen molar-refractivity contribution in [3.63, 3.8) is 0 Å². The van der Waals surface area contributed by atoms with Crippen LogP contribution in [-0.4, -0.2) is 21.2 Å². The van der Waals surface area contributed by atoms with Crippen molar-refractivity contribution in [1.82, 2.24) is 10.2 Å². The van der Waals surface area contributed by atoms with Crippen LogP contribution in [0.2, 0.25) is 5.02 Å². The molecule has 3 rings (SSSR count). The maximum absolute atomic E-state index is 13.8. The maximum atomic E-state index is 13.8. The summed E-state index contributed by atoms with van der Waals surface area (Å²) in [7, 11) is 0. The second kappa shape index (κ2) is 9.82. The van der Waals surface area contributed by atoms with Crippen molar-refractivity contribution in [2.75, 3.05) is 5.32 Å². The summed E-state index contributed by atoms with van der Waals surface area (Å²) < 4.78 is 33.1. The fourth-order valence-electron chi connectivity index (χ4n) is 3.07. The molecule has 0 saturated heterocycles. The topological polar surface area (TPSA) is 88.2 Å². The van der Waals surface area contributed by atoms with Gasteiger partial charge in [-0.2, -0.15) is 0 Å². The number of hydrogen-bond donors (Lipinski definition) is 2. The van der Waals surface area contributed by atoms with Gasteiger partial charge >= 0.3 is 5.91 Å². The molecule has 0 aliphatic heterocycles. The highest BCUT2D eigenvalue weighted by Crippen LogP contribution is 2.37. The number of carbonyl (C=O) groups is 1. The molecule has 2 N–H and O–H groups in total. The van der Waals surface area contributed by atoms with Gasteiger partial charge in [0.1, 0.15) is 6.61 Å². The molecule has 0 saturated carbocycles. The van der Waals surface area contributed by atoms with Gasteiger partial charge in [0, 0.05) is 29.2 Å². The highest BCUT2D eigenvalue weighted by atomic mass is 35.5. The zero-order valence-corrected chi connectivity index (χ0v) is 18.6. The average molecular weight is 482 g/mol. The first-order valence-electron chi connectivity index (χ1n) is 9.68. The van der Waals surface area contributed by atoms with Crippen molar-refractivity contribution >= 4 is 34.8 Å². The Morgan fingerprint density at radius 2 is 2.06 bits per heavy atom. The minimum Gasteiger partial charge on any atom is -0.422 e. The smallest absolute Gasteiger partial charge is 0.300 e. The van der Waals surface area contributed by atoms with E-state index in [1.54, 1.807) is 12.2 Å². The lowest BCUT2D eigenvalue weighted by Gasteiger charge is -2.20. The van der Waals surface area contributed by atoms with E-state index in [1.807, 2.05) is 6.92 Å². The Morgan fingerprint density at radius 1 is 1.31 bits per heavy atom. The minimum atomic E-state index is -3.05. The number of aromatic nitrogens is 2. The molecule has 0 fully saturated rings. The van der Waals surface area contributed by atoms with Gasteiger partial charge in [0.15, 0.2) is 0 Å². The lowest BCUT2D eigenvalue weighted by Crippen LogP contribution is -2.14. The summed E-state index contributed by atoms with van der Waals surface area (Å²) in [6.45, 7) is 2.89. The van der Waals surface area contributed by atoms with E-state index in [0.29, 0.717) is 16.5 Å². The average Bonchev–Trinajstić information content (AvgIpc) is 3.23. The van der Waals surface area contributed by atoms with Gasteiger partial charge in [0.2, 0.25) is 11.8 Å². The molecule has 0 radical (unpaired) electrons. The fraction of sp³-hybridized carbons (Fsp3) is 0.318. The Morgan fingerprint density at radius 3 is 2.69 bits per heavy atom. The van der Waals surface area contributed by atoms with E-state index < -0.39 is 11.8 Å². The molecule has 0 spiro atoms. The molecule has 1 aromatic heterocycles. The minimum absolute atomic E-state index is 0.106. The number of alkyl halides is 2. The molecule has 168 valence electrons. The summed E-state index contributed by atoms with van der Waals surface area (Å²) in [5.41, 5.74) is 0.392. The molecule has 6 nitrogen and oxygen atoms in total. The number of carbonyl (C=O) groups excluding carboxylic acids is 1. The van der Waals surface area contributed by atoms with E-state index in [2.05, 4.69) is 27.4 Å². The molecule has 1 aliphatic carbocycles. The number of amides is 1. The SMILES string of the molecule is CCC(F)(F)c1ccc(NC(=O)C#CC2=CC(C)C(c3nnc(CO)o3)C=C2Cl)cc1Cl. The largest absolute Gasteiger partial charge is 0.422 e. The van der Waals surface area contributed by atoms with E-state index in [0.717, 1.165) is 0 Å².